The van der Waals surface area contributed by atoms with E-state index in [1.165, 1.54) is 18.2 Å². The Morgan fingerprint density at radius 1 is 1.53 bits per heavy atom. The third-order valence-electron chi connectivity index (χ3n) is 1.58. The average Bonchev–Trinajstić information content (AvgIpc) is 2.17. The molecular weight excluding hydrogens is 204 g/mol. The third kappa shape index (κ3) is 3.24. The molecule has 7 heteroatoms. The quantitative estimate of drug-likeness (QED) is 0.578. The van der Waals surface area contributed by atoms with Crippen LogP contribution in [0.1, 0.15) is 5.56 Å². The topological polar surface area (TPSA) is 102 Å². The fourth-order valence-electron chi connectivity index (χ4n) is 0.987. The summed E-state index contributed by atoms with van der Waals surface area (Å²) in [4.78, 5) is 24.5. The SMILES string of the molecule is O=C(O)NOCc1ccccc1[N+](=O)[O-]. The first-order chi connectivity index (χ1) is 7.11. The Labute approximate surface area is 84.4 Å². The molecule has 1 aromatic carbocycles. The summed E-state index contributed by atoms with van der Waals surface area (Å²) in [5.41, 5.74) is 1.85. The van der Waals surface area contributed by atoms with E-state index in [1.807, 2.05) is 0 Å². The van der Waals surface area contributed by atoms with Gasteiger partial charge in [-0.25, -0.2) is 4.79 Å². The number of para-hydroxylation sites is 1. The van der Waals surface area contributed by atoms with E-state index < -0.39 is 11.0 Å². The standard InChI is InChI=1S/C8H8N2O5/c11-8(12)9-15-5-6-3-1-2-4-7(6)10(13)14/h1-4,9H,5H2,(H,11,12). The number of nitrogens with one attached hydrogen (secondary N) is 1. The molecule has 0 saturated carbocycles. The Kier molecular flexibility index (Phi) is 3.58. The lowest BCUT2D eigenvalue weighted by Crippen LogP contribution is -2.21. The Morgan fingerprint density at radius 2 is 2.20 bits per heavy atom. The van der Waals surface area contributed by atoms with Gasteiger partial charge in [0.2, 0.25) is 0 Å². The number of hydroxylamine groups is 1. The van der Waals surface area contributed by atoms with Gasteiger partial charge >= 0.3 is 6.09 Å². The molecule has 2 N–H and O–H groups in total. The second-order valence-electron chi connectivity index (χ2n) is 2.58. The van der Waals surface area contributed by atoms with Crippen LogP contribution in [-0.2, 0) is 11.4 Å². The minimum Gasteiger partial charge on any atom is -0.464 e. The van der Waals surface area contributed by atoms with Crippen molar-refractivity contribution in [2.75, 3.05) is 0 Å². The van der Waals surface area contributed by atoms with E-state index >= 15 is 0 Å². The monoisotopic (exact) mass is 212 g/mol. The van der Waals surface area contributed by atoms with Gasteiger partial charge in [0.25, 0.3) is 5.69 Å². The van der Waals surface area contributed by atoms with Crippen molar-refractivity contribution in [3.05, 3.63) is 39.9 Å². The van der Waals surface area contributed by atoms with E-state index in [-0.39, 0.29) is 12.3 Å². The van der Waals surface area contributed by atoms with E-state index in [0.717, 1.165) is 0 Å². The van der Waals surface area contributed by atoms with Crippen molar-refractivity contribution in [1.29, 1.82) is 0 Å². The Morgan fingerprint density at radius 3 is 2.80 bits per heavy atom. The molecule has 0 bridgehead atoms. The van der Waals surface area contributed by atoms with E-state index in [1.54, 1.807) is 11.5 Å². The Hall–Kier alpha value is -2.15. The molecule has 0 aromatic heterocycles. The number of hydrogen-bond donors (Lipinski definition) is 2. The number of nitro groups is 1. The van der Waals surface area contributed by atoms with Crippen LogP contribution in [0.4, 0.5) is 10.5 Å². The molecule has 0 aliphatic rings. The van der Waals surface area contributed by atoms with Gasteiger partial charge in [-0.15, -0.1) is 0 Å². The maximum Gasteiger partial charge on any atom is 0.428 e. The van der Waals surface area contributed by atoms with Crippen molar-refractivity contribution in [2.24, 2.45) is 0 Å². The van der Waals surface area contributed by atoms with E-state index in [4.69, 9.17) is 5.11 Å². The summed E-state index contributed by atoms with van der Waals surface area (Å²) in [7, 11) is 0. The van der Waals surface area contributed by atoms with E-state index in [0.29, 0.717) is 5.56 Å². The lowest BCUT2D eigenvalue weighted by molar-refractivity contribution is -0.386. The smallest absolute Gasteiger partial charge is 0.428 e. The van der Waals surface area contributed by atoms with Gasteiger partial charge in [-0.3, -0.25) is 15.0 Å². The maximum absolute atomic E-state index is 10.5. The number of carboxylic acid groups (broad SMARTS) is 1. The van der Waals surface area contributed by atoms with Gasteiger partial charge in [0.1, 0.15) is 6.61 Å². The minimum absolute atomic E-state index is 0.107. The van der Waals surface area contributed by atoms with Crippen molar-refractivity contribution in [3.63, 3.8) is 0 Å². The predicted octanol–water partition coefficient (Wildman–Crippen LogP) is 1.29. The summed E-state index contributed by atoms with van der Waals surface area (Å²) in [6, 6.07) is 5.93. The van der Waals surface area contributed by atoms with E-state index in [9.17, 15) is 14.9 Å². The van der Waals surface area contributed by atoms with Crippen molar-refractivity contribution in [1.82, 2.24) is 5.48 Å². The summed E-state index contributed by atoms with van der Waals surface area (Å²) >= 11 is 0. The fourth-order valence-corrected chi connectivity index (χ4v) is 0.987. The van der Waals surface area contributed by atoms with Crippen LogP contribution in [0.5, 0.6) is 0 Å². The highest BCUT2D eigenvalue weighted by molar-refractivity contribution is 5.62. The zero-order valence-corrected chi connectivity index (χ0v) is 7.54. The third-order valence-corrected chi connectivity index (χ3v) is 1.58. The van der Waals surface area contributed by atoms with Gasteiger partial charge in [0.15, 0.2) is 0 Å². The summed E-state index contributed by atoms with van der Waals surface area (Å²) in [5, 5.41) is 18.7. The molecule has 1 amide bonds. The van der Waals surface area contributed by atoms with Crippen LogP contribution >= 0.6 is 0 Å². The molecule has 0 spiro atoms. The molecule has 0 unspecified atom stereocenters. The van der Waals surface area contributed by atoms with Crippen molar-refractivity contribution in [3.8, 4) is 0 Å². The van der Waals surface area contributed by atoms with Gasteiger partial charge in [-0.2, -0.15) is 5.48 Å². The molecule has 0 atom stereocenters. The number of benzene rings is 1. The largest absolute Gasteiger partial charge is 0.464 e. The summed E-state index contributed by atoms with van der Waals surface area (Å²) < 4.78 is 0. The maximum atomic E-state index is 10.5. The highest BCUT2D eigenvalue weighted by Crippen LogP contribution is 2.17. The van der Waals surface area contributed by atoms with Gasteiger partial charge in [0, 0.05) is 6.07 Å². The lowest BCUT2D eigenvalue weighted by atomic mass is 10.2. The molecule has 80 valence electrons. The number of hydrogen-bond acceptors (Lipinski definition) is 4. The zero-order valence-electron chi connectivity index (χ0n) is 7.54. The second kappa shape index (κ2) is 4.91. The normalized spacial score (nSPS) is 9.60. The van der Waals surface area contributed by atoms with Crippen LogP contribution in [0.15, 0.2) is 24.3 Å². The molecule has 0 aliphatic carbocycles. The molecule has 0 saturated heterocycles. The van der Waals surface area contributed by atoms with Gasteiger partial charge < -0.3 is 5.11 Å². The molecule has 1 aromatic rings. The van der Waals surface area contributed by atoms with Crippen LogP contribution in [0.3, 0.4) is 0 Å². The molecule has 0 aliphatic heterocycles. The first-order valence-corrected chi connectivity index (χ1v) is 3.94. The number of carbonyl (C=O) groups is 1. The highest BCUT2D eigenvalue weighted by Gasteiger charge is 2.12. The zero-order chi connectivity index (χ0) is 11.3. The van der Waals surface area contributed by atoms with Crippen molar-refractivity contribution >= 4 is 11.8 Å². The first kappa shape index (κ1) is 10.9. The number of rotatable bonds is 4. The molecule has 0 radical (unpaired) electrons. The Balaban J connectivity index is 2.67. The van der Waals surface area contributed by atoms with Crippen LogP contribution in [0.25, 0.3) is 0 Å². The fraction of sp³-hybridized carbons (Fsp3) is 0.125. The highest BCUT2D eigenvalue weighted by atomic mass is 16.7. The molecule has 7 nitrogen and oxygen atoms in total. The average molecular weight is 212 g/mol. The molecule has 1 rings (SSSR count). The lowest BCUT2D eigenvalue weighted by Gasteiger charge is -2.02. The molecule has 0 heterocycles. The van der Waals surface area contributed by atoms with Crippen LogP contribution < -0.4 is 5.48 Å². The van der Waals surface area contributed by atoms with Crippen LogP contribution in [-0.4, -0.2) is 16.1 Å². The number of amides is 1. The second-order valence-corrected chi connectivity index (χ2v) is 2.58. The number of nitro benzene ring substituents is 1. The van der Waals surface area contributed by atoms with Gasteiger partial charge in [-0.05, 0) is 6.07 Å². The summed E-state index contributed by atoms with van der Waals surface area (Å²) in [5.74, 6) is 0. The van der Waals surface area contributed by atoms with Gasteiger partial charge in [0.05, 0.1) is 10.5 Å². The molecular formula is C8H8N2O5. The van der Waals surface area contributed by atoms with Crippen molar-refractivity contribution < 1.29 is 19.7 Å². The summed E-state index contributed by atoms with van der Waals surface area (Å²) in [6.07, 6.45) is -1.35. The van der Waals surface area contributed by atoms with Crippen LogP contribution in [0, 0.1) is 10.1 Å². The van der Waals surface area contributed by atoms with Gasteiger partial charge in [-0.1, -0.05) is 12.1 Å². The first-order valence-electron chi connectivity index (χ1n) is 3.94. The molecule has 0 fully saturated rings. The van der Waals surface area contributed by atoms with Crippen LogP contribution in [0.2, 0.25) is 0 Å². The van der Waals surface area contributed by atoms with E-state index in [2.05, 4.69) is 4.84 Å². The predicted molar refractivity (Wildman–Crippen MR) is 49.0 cm³/mol. The minimum atomic E-state index is -1.35. The Bertz CT molecular complexity index is 379. The van der Waals surface area contributed by atoms with Crippen molar-refractivity contribution in [2.45, 2.75) is 6.61 Å². The number of nitrogens with zero attached hydrogens (tertiary/aromatic N) is 1. The summed E-state index contributed by atoms with van der Waals surface area (Å²) in [6.45, 7) is -0.191. The molecule has 15 heavy (non-hydrogen) atoms.